The molecule has 0 spiro atoms. The van der Waals surface area contributed by atoms with Gasteiger partial charge in [0, 0.05) is 51.2 Å². The van der Waals surface area contributed by atoms with Crippen molar-refractivity contribution in [2.45, 2.75) is 0 Å². The number of carbonyl (C=O) groups is 2. The Morgan fingerprint density at radius 2 is 1.95 bits per heavy atom. The highest BCUT2D eigenvalue weighted by Crippen LogP contribution is 2.12. The van der Waals surface area contributed by atoms with Gasteiger partial charge in [0.05, 0.1) is 5.92 Å². The molecule has 1 N–H and O–H groups in total. The molecule has 2 rings (SSSR count). The van der Waals surface area contributed by atoms with Crippen LogP contribution in [0.15, 0.2) is 24.5 Å². The molecule has 1 aliphatic heterocycles. The molecule has 2 heterocycles. The van der Waals surface area contributed by atoms with E-state index in [1.807, 2.05) is 7.05 Å². The maximum atomic E-state index is 12.5. The second-order valence-corrected chi connectivity index (χ2v) is 5.06. The first kappa shape index (κ1) is 14.5. The molecule has 0 saturated carbocycles. The predicted molar refractivity (Wildman–Crippen MR) is 75.2 cm³/mol. The number of likely N-dealkylation sites (N-methyl/N-ethyl adjacent to an activating group) is 1. The average Bonchev–Trinajstić information content (AvgIpc) is 2.68. The van der Waals surface area contributed by atoms with Crippen LogP contribution in [-0.2, 0) is 4.79 Å². The van der Waals surface area contributed by atoms with Crippen LogP contribution in [0.4, 0.5) is 0 Å². The van der Waals surface area contributed by atoms with Gasteiger partial charge in [-0.05, 0) is 19.2 Å². The monoisotopic (exact) mass is 276 g/mol. The lowest BCUT2D eigenvalue weighted by molar-refractivity contribution is -0.125. The molecule has 1 aliphatic rings. The summed E-state index contributed by atoms with van der Waals surface area (Å²) in [5.41, 5.74) is 0.611. The van der Waals surface area contributed by atoms with E-state index in [4.69, 9.17) is 0 Å². The summed E-state index contributed by atoms with van der Waals surface area (Å²) >= 11 is 0. The summed E-state index contributed by atoms with van der Waals surface area (Å²) in [6.07, 6.45) is 3.21. The molecule has 0 aromatic carbocycles. The first-order chi connectivity index (χ1) is 9.61. The first-order valence-corrected chi connectivity index (χ1v) is 6.71. The van der Waals surface area contributed by atoms with Gasteiger partial charge in [0.1, 0.15) is 0 Å². The van der Waals surface area contributed by atoms with Crippen LogP contribution in [0, 0.1) is 5.92 Å². The summed E-state index contributed by atoms with van der Waals surface area (Å²) in [5.74, 6) is -0.263. The third-order valence-corrected chi connectivity index (χ3v) is 3.56. The van der Waals surface area contributed by atoms with E-state index in [0.29, 0.717) is 25.2 Å². The van der Waals surface area contributed by atoms with E-state index in [1.54, 1.807) is 36.5 Å². The Morgan fingerprint density at radius 1 is 1.25 bits per heavy atom. The maximum Gasteiger partial charge on any atom is 0.254 e. The molecular weight excluding hydrogens is 256 g/mol. The molecular formula is C14H20N4O2. The number of rotatable bonds is 2. The van der Waals surface area contributed by atoms with Gasteiger partial charge in [0.2, 0.25) is 5.91 Å². The van der Waals surface area contributed by atoms with Gasteiger partial charge in [-0.25, -0.2) is 0 Å². The fourth-order valence-electron chi connectivity index (χ4n) is 2.41. The van der Waals surface area contributed by atoms with Crippen molar-refractivity contribution in [3.8, 4) is 0 Å². The molecule has 0 radical (unpaired) electrons. The highest BCUT2D eigenvalue weighted by atomic mass is 16.2. The summed E-state index contributed by atoms with van der Waals surface area (Å²) in [6, 6.07) is 3.40. The third kappa shape index (κ3) is 3.33. The van der Waals surface area contributed by atoms with Crippen molar-refractivity contribution >= 4 is 11.8 Å². The minimum atomic E-state index is -0.196. The Morgan fingerprint density at radius 3 is 2.60 bits per heavy atom. The van der Waals surface area contributed by atoms with E-state index in [1.165, 1.54) is 0 Å². The van der Waals surface area contributed by atoms with E-state index >= 15 is 0 Å². The topological polar surface area (TPSA) is 65.5 Å². The van der Waals surface area contributed by atoms with Gasteiger partial charge >= 0.3 is 0 Å². The van der Waals surface area contributed by atoms with Gasteiger partial charge < -0.3 is 15.1 Å². The summed E-state index contributed by atoms with van der Waals surface area (Å²) in [5, 5.41) is 2.67. The molecule has 20 heavy (non-hydrogen) atoms. The van der Waals surface area contributed by atoms with Crippen LogP contribution in [0.3, 0.4) is 0 Å². The first-order valence-electron chi connectivity index (χ1n) is 6.71. The fraction of sp³-hybridized carbons (Fsp3) is 0.500. The maximum absolute atomic E-state index is 12.5. The molecule has 1 aromatic heterocycles. The second kappa shape index (κ2) is 6.47. The zero-order valence-electron chi connectivity index (χ0n) is 11.9. The van der Waals surface area contributed by atoms with Crippen molar-refractivity contribution in [1.29, 1.82) is 0 Å². The molecule has 6 heteroatoms. The molecule has 108 valence electrons. The lowest BCUT2D eigenvalue weighted by Gasteiger charge is -2.23. The number of pyridine rings is 1. The molecule has 2 amide bonds. The van der Waals surface area contributed by atoms with E-state index in [0.717, 1.165) is 6.54 Å². The highest BCUT2D eigenvalue weighted by Gasteiger charge is 2.28. The summed E-state index contributed by atoms with van der Waals surface area (Å²) in [7, 11) is 3.60. The van der Waals surface area contributed by atoms with E-state index in [-0.39, 0.29) is 17.7 Å². The van der Waals surface area contributed by atoms with Crippen molar-refractivity contribution in [3.63, 3.8) is 0 Å². The number of nitrogens with one attached hydrogen (secondary N) is 1. The molecule has 1 aromatic rings. The minimum absolute atomic E-state index is 0.0220. The summed E-state index contributed by atoms with van der Waals surface area (Å²) in [4.78, 5) is 32.1. The number of nitrogens with zero attached hydrogens (tertiary/aromatic N) is 3. The number of carbonyl (C=O) groups excluding carboxylic acids is 2. The lowest BCUT2D eigenvalue weighted by atomic mass is 10.1. The van der Waals surface area contributed by atoms with Gasteiger partial charge in [-0.2, -0.15) is 0 Å². The Kier molecular flexibility index (Phi) is 4.68. The molecule has 0 aliphatic carbocycles. The SMILES string of the molecule is CNC(=O)C1CN(C)CCN(C(=O)c2ccncc2)C1. The summed E-state index contributed by atoms with van der Waals surface area (Å²) < 4.78 is 0. The zero-order valence-corrected chi connectivity index (χ0v) is 11.9. The van der Waals surface area contributed by atoms with Crippen molar-refractivity contribution < 1.29 is 9.59 Å². The highest BCUT2D eigenvalue weighted by molar-refractivity contribution is 5.94. The standard InChI is InChI=1S/C14H20N4O2/c1-15-13(19)12-9-17(2)7-8-18(10-12)14(20)11-3-5-16-6-4-11/h3-6,12H,7-10H2,1-2H3,(H,15,19). The Balaban J connectivity index is 2.14. The van der Waals surface area contributed by atoms with Gasteiger partial charge in [0.15, 0.2) is 0 Å². The van der Waals surface area contributed by atoms with Gasteiger partial charge in [-0.3, -0.25) is 14.6 Å². The van der Waals surface area contributed by atoms with Gasteiger partial charge in [-0.1, -0.05) is 0 Å². The van der Waals surface area contributed by atoms with Crippen molar-refractivity contribution in [3.05, 3.63) is 30.1 Å². The number of hydrogen-bond donors (Lipinski definition) is 1. The van der Waals surface area contributed by atoms with Crippen molar-refractivity contribution in [2.75, 3.05) is 40.3 Å². The van der Waals surface area contributed by atoms with Crippen LogP contribution < -0.4 is 5.32 Å². The largest absolute Gasteiger partial charge is 0.359 e. The smallest absolute Gasteiger partial charge is 0.254 e. The normalized spacial score (nSPS) is 20.3. The van der Waals surface area contributed by atoms with Crippen molar-refractivity contribution in [2.24, 2.45) is 5.92 Å². The Bertz CT molecular complexity index is 477. The summed E-state index contributed by atoms with van der Waals surface area (Å²) in [6.45, 7) is 2.51. The van der Waals surface area contributed by atoms with Gasteiger partial charge in [-0.15, -0.1) is 0 Å². The van der Waals surface area contributed by atoms with Crippen molar-refractivity contribution in [1.82, 2.24) is 20.1 Å². The molecule has 1 fully saturated rings. The number of amides is 2. The van der Waals surface area contributed by atoms with E-state index in [9.17, 15) is 9.59 Å². The van der Waals surface area contributed by atoms with Crippen LogP contribution in [-0.4, -0.2) is 66.9 Å². The second-order valence-electron chi connectivity index (χ2n) is 5.06. The van der Waals surface area contributed by atoms with Crippen LogP contribution in [0.5, 0.6) is 0 Å². The predicted octanol–water partition coefficient (Wildman–Crippen LogP) is -0.169. The third-order valence-electron chi connectivity index (χ3n) is 3.56. The Hall–Kier alpha value is -1.95. The number of aromatic nitrogens is 1. The molecule has 1 unspecified atom stereocenters. The average molecular weight is 276 g/mol. The molecule has 1 saturated heterocycles. The molecule has 1 atom stereocenters. The van der Waals surface area contributed by atoms with Gasteiger partial charge in [0.25, 0.3) is 5.91 Å². The molecule has 6 nitrogen and oxygen atoms in total. The number of hydrogen-bond acceptors (Lipinski definition) is 4. The van der Waals surface area contributed by atoms with Crippen LogP contribution in [0.1, 0.15) is 10.4 Å². The van der Waals surface area contributed by atoms with Crippen LogP contribution >= 0.6 is 0 Å². The lowest BCUT2D eigenvalue weighted by Crippen LogP contribution is -2.41. The Labute approximate surface area is 118 Å². The van der Waals surface area contributed by atoms with Crippen LogP contribution in [0.25, 0.3) is 0 Å². The molecule has 0 bridgehead atoms. The minimum Gasteiger partial charge on any atom is -0.359 e. The zero-order chi connectivity index (χ0) is 14.5. The van der Waals surface area contributed by atoms with E-state index in [2.05, 4.69) is 15.2 Å². The van der Waals surface area contributed by atoms with Crippen LogP contribution in [0.2, 0.25) is 0 Å². The van der Waals surface area contributed by atoms with E-state index < -0.39 is 0 Å². The fourth-order valence-corrected chi connectivity index (χ4v) is 2.41. The quantitative estimate of drug-likeness (QED) is 0.814.